The summed E-state index contributed by atoms with van der Waals surface area (Å²) in [5, 5.41) is 54.3. The number of benzene rings is 2. The topological polar surface area (TPSA) is 221 Å². The molecular formula is C23H18N8O8. The summed E-state index contributed by atoms with van der Waals surface area (Å²) in [4.78, 5) is 42.3. The number of anilines is 2. The lowest BCUT2D eigenvalue weighted by molar-refractivity contribution is -0.393. The molecule has 0 heterocycles. The van der Waals surface area contributed by atoms with Gasteiger partial charge >= 0.3 is 11.4 Å². The Morgan fingerprint density at radius 2 is 1.03 bits per heavy atom. The highest BCUT2D eigenvalue weighted by Gasteiger charge is 2.82. The van der Waals surface area contributed by atoms with Gasteiger partial charge in [0, 0.05) is 47.2 Å². The molecule has 16 nitrogen and oxygen atoms in total. The van der Waals surface area contributed by atoms with E-state index in [1.54, 1.807) is 0 Å². The fourth-order valence-corrected chi connectivity index (χ4v) is 8.17. The van der Waals surface area contributed by atoms with Gasteiger partial charge in [0.2, 0.25) is 0 Å². The summed E-state index contributed by atoms with van der Waals surface area (Å²) in [6.07, 6.45) is 1.03. The minimum atomic E-state index is -0.696. The molecule has 0 aromatic heterocycles. The van der Waals surface area contributed by atoms with Crippen molar-refractivity contribution in [1.29, 1.82) is 0 Å². The van der Waals surface area contributed by atoms with E-state index < -0.39 is 31.1 Å². The van der Waals surface area contributed by atoms with Gasteiger partial charge in [-0.25, -0.2) is 0 Å². The van der Waals surface area contributed by atoms with Gasteiger partial charge in [-0.15, -0.1) is 0 Å². The first-order chi connectivity index (χ1) is 18.7. The monoisotopic (exact) mass is 534 g/mol. The molecule has 7 rings (SSSR count). The molecule has 39 heavy (non-hydrogen) atoms. The van der Waals surface area contributed by atoms with Crippen molar-refractivity contribution in [3.05, 3.63) is 76.9 Å². The summed E-state index contributed by atoms with van der Waals surface area (Å²) >= 11 is 0. The number of nitro benzene ring substituents is 4. The highest BCUT2D eigenvalue weighted by molar-refractivity contribution is 6.11. The lowest BCUT2D eigenvalue weighted by Crippen LogP contribution is -2.48. The number of fused-ring (bicyclic) bond motifs is 2. The summed E-state index contributed by atoms with van der Waals surface area (Å²) in [5.41, 5.74) is 5.94. The van der Waals surface area contributed by atoms with Crippen LogP contribution >= 0.6 is 0 Å². The first kappa shape index (κ1) is 23.1. The molecule has 0 saturated heterocycles. The Hall–Kier alpha value is -5.02. The predicted octanol–water partition coefficient (Wildman–Crippen LogP) is 3.94. The summed E-state index contributed by atoms with van der Waals surface area (Å²) in [6, 6.07) is 6.72. The number of rotatable bonds is 8. The molecule has 16 heteroatoms. The maximum Gasteiger partial charge on any atom is 0.301 e. The van der Waals surface area contributed by atoms with Crippen molar-refractivity contribution in [2.45, 2.75) is 6.42 Å². The molecule has 2 N–H and O–H groups in total. The zero-order valence-corrected chi connectivity index (χ0v) is 19.7. The van der Waals surface area contributed by atoms with E-state index in [-0.39, 0.29) is 46.4 Å². The van der Waals surface area contributed by atoms with Crippen LogP contribution in [0.1, 0.15) is 6.42 Å². The van der Waals surface area contributed by atoms with Crippen LogP contribution in [0.15, 0.2) is 46.6 Å². The Morgan fingerprint density at radius 1 is 0.615 bits per heavy atom. The van der Waals surface area contributed by atoms with Crippen LogP contribution in [0.2, 0.25) is 0 Å². The number of nitrogens with zero attached hydrogens (tertiary/aromatic N) is 6. The van der Waals surface area contributed by atoms with E-state index >= 15 is 0 Å². The fraction of sp³-hybridized carbons (Fsp3) is 0.391. The molecule has 198 valence electrons. The standard InChI is InChI=1S/C23H18N8O8/c32-28(33)8-1-3-12(14(5-8)30(36)37)24-26-22-18-10-7-11-17-16(10)20(22)21(17)23(19(11)18)27-25-13-4-2-9(29(34)35)6-15(13)31(38)39/h1-6,10-11,16-21,24-25H,7H2/b26-22+,27-23+. The molecule has 5 aliphatic rings. The Labute approximate surface area is 217 Å². The average Bonchev–Trinajstić information content (AvgIpc) is 3.44. The second-order valence-corrected chi connectivity index (χ2v) is 10.5. The Balaban J connectivity index is 1.18. The third kappa shape index (κ3) is 2.98. The number of hydrogen-bond donors (Lipinski definition) is 2. The van der Waals surface area contributed by atoms with Crippen molar-refractivity contribution in [2.75, 3.05) is 10.9 Å². The van der Waals surface area contributed by atoms with E-state index in [2.05, 4.69) is 21.1 Å². The molecule has 2 aromatic rings. The lowest BCUT2D eigenvalue weighted by atomic mass is 9.59. The SMILES string of the molecule is O=[N+]([O-])c1ccc(N/N=C2\C3C4CC5C3/C(=N\Nc3ccc([N+](=O)[O-])cc3[N+](=O)[O-])C3C2C4C53)c([N+](=O)[O-])c1. The molecular weight excluding hydrogens is 516 g/mol. The summed E-state index contributed by atoms with van der Waals surface area (Å²) in [5.74, 6) is 2.16. The smallest absolute Gasteiger partial charge is 0.272 e. The maximum atomic E-state index is 11.5. The van der Waals surface area contributed by atoms with Gasteiger partial charge in [-0.1, -0.05) is 0 Å². The van der Waals surface area contributed by atoms with Gasteiger partial charge in [0.1, 0.15) is 11.4 Å². The summed E-state index contributed by atoms with van der Waals surface area (Å²) < 4.78 is 0. The molecule has 2 bridgehead atoms. The largest absolute Gasteiger partial charge is 0.301 e. The maximum absolute atomic E-state index is 11.5. The quantitative estimate of drug-likeness (QED) is 0.366. The van der Waals surface area contributed by atoms with Crippen LogP contribution in [0, 0.1) is 87.8 Å². The first-order valence-corrected chi connectivity index (χ1v) is 12.2. The molecule has 8 unspecified atom stereocenters. The van der Waals surface area contributed by atoms with Gasteiger partial charge in [0.15, 0.2) is 0 Å². The van der Waals surface area contributed by atoms with Crippen molar-refractivity contribution >= 4 is 45.5 Å². The van der Waals surface area contributed by atoms with Crippen molar-refractivity contribution < 1.29 is 19.7 Å². The third-order valence-electron chi connectivity index (χ3n) is 9.26. The van der Waals surface area contributed by atoms with Gasteiger partial charge in [0.05, 0.1) is 31.8 Å². The molecule has 5 fully saturated rings. The lowest BCUT2D eigenvalue weighted by Gasteiger charge is -2.44. The zero-order valence-electron chi connectivity index (χ0n) is 19.7. The second kappa shape index (κ2) is 7.75. The zero-order chi connectivity index (χ0) is 27.3. The van der Waals surface area contributed by atoms with Crippen LogP contribution in [-0.4, -0.2) is 31.1 Å². The number of nitrogens with one attached hydrogen (secondary N) is 2. The van der Waals surface area contributed by atoms with Crippen LogP contribution in [0.5, 0.6) is 0 Å². The van der Waals surface area contributed by atoms with Crippen molar-refractivity contribution in [1.82, 2.24) is 0 Å². The minimum absolute atomic E-state index is 0.0671. The molecule has 0 radical (unpaired) electrons. The highest BCUT2D eigenvalue weighted by Crippen LogP contribution is 2.81. The van der Waals surface area contributed by atoms with Crippen molar-refractivity contribution in [3.63, 3.8) is 0 Å². The molecule has 0 aliphatic heterocycles. The fourth-order valence-electron chi connectivity index (χ4n) is 8.17. The van der Waals surface area contributed by atoms with Gasteiger partial charge in [0.25, 0.3) is 11.4 Å². The van der Waals surface area contributed by atoms with E-state index in [4.69, 9.17) is 0 Å². The normalized spacial score (nSPS) is 33.9. The first-order valence-electron chi connectivity index (χ1n) is 12.2. The highest BCUT2D eigenvalue weighted by atomic mass is 16.6. The Bertz CT molecular complexity index is 1470. The van der Waals surface area contributed by atoms with Gasteiger partial charge in [-0.05, 0) is 42.2 Å². The number of hydrogen-bond acceptors (Lipinski definition) is 12. The van der Waals surface area contributed by atoms with E-state index in [1.807, 2.05) is 0 Å². The minimum Gasteiger partial charge on any atom is -0.272 e. The van der Waals surface area contributed by atoms with Crippen molar-refractivity contribution in [2.24, 2.45) is 57.5 Å². The Morgan fingerprint density at radius 3 is 1.38 bits per heavy atom. The number of hydrazone groups is 2. The van der Waals surface area contributed by atoms with Crippen LogP contribution in [0.25, 0.3) is 0 Å². The number of nitro groups is 4. The van der Waals surface area contributed by atoms with Crippen molar-refractivity contribution in [3.8, 4) is 0 Å². The predicted molar refractivity (Wildman–Crippen MR) is 134 cm³/mol. The van der Waals surface area contributed by atoms with Crippen LogP contribution < -0.4 is 10.9 Å². The molecule has 2 aromatic carbocycles. The van der Waals surface area contributed by atoms with Crippen LogP contribution in [0.4, 0.5) is 34.1 Å². The Kier molecular flexibility index (Phi) is 4.59. The summed E-state index contributed by atoms with van der Waals surface area (Å²) in [7, 11) is 0. The van der Waals surface area contributed by atoms with E-state index in [0.717, 1.165) is 30.0 Å². The summed E-state index contributed by atoms with van der Waals surface area (Å²) in [6.45, 7) is 0. The average molecular weight is 534 g/mol. The van der Waals surface area contributed by atoms with E-state index in [0.29, 0.717) is 23.7 Å². The van der Waals surface area contributed by atoms with Crippen LogP contribution in [-0.2, 0) is 0 Å². The van der Waals surface area contributed by atoms with Gasteiger partial charge in [-0.2, -0.15) is 10.2 Å². The van der Waals surface area contributed by atoms with E-state index in [9.17, 15) is 40.5 Å². The van der Waals surface area contributed by atoms with E-state index in [1.165, 1.54) is 24.3 Å². The molecule has 5 saturated carbocycles. The molecule has 5 aliphatic carbocycles. The molecule has 0 spiro atoms. The molecule has 8 atom stereocenters. The second-order valence-electron chi connectivity index (χ2n) is 10.5. The number of non-ortho nitro benzene ring substituents is 2. The van der Waals surface area contributed by atoms with Crippen LogP contribution in [0.3, 0.4) is 0 Å². The molecule has 0 amide bonds. The van der Waals surface area contributed by atoms with Gasteiger partial charge < -0.3 is 0 Å². The van der Waals surface area contributed by atoms with Gasteiger partial charge in [-0.3, -0.25) is 51.3 Å². The third-order valence-corrected chi connectivity index (χ3v) is 9.26.